The number of nitrogens with one attached hydrogen (secondary N) is 1. The standard InChI is InChI=1S/C30H30BrN3O2S/c31-23-12-8-9-21(17-23)19-34-28(35)26-18-27-25(15-16-37-27)33(26)20-30(34,22-10-4-3-5-11-22)29(36)32-24-13-6-1-2-7-14-24/h3-5,8-12,15-18,24H,1-2,6-7,13-14,19-20H2,(H,32,36)/t30-/m0/s1. The van der Waals surface area contributed by atoms with E-state index < -0.39 is 5.54 Å². The van der Waals surface area contributed by atoms with E-state index in [-0.39, 0.29) is 17.9 Å². The van der Waals surface area contributed by atoms with Crippen molar-refractivity contribution in [3.05, 3.63) is 93.4 Å². The van der Waals surface area contributed by atoms with Crippen molar-refractivity contribution in [2.45, 2.75) is 63.2 Å². The Balaban J connectivity index is 1.52. The fourth-order valence-corrected chi connectivity index (χ4v) is 7.26. The fraction of sp³-hybridized carbons (Fsp3) is 0.333. The molecule has 3 heterocycles. The average Bonchev–Trinajstić information content (AvgIpc) is 3.40. The molecule has 2 aromatic heterocycles. The molecule has 0 spiro atoms. The Morgan fingerprint density at radius 1 is 1.00 bits per heavy atom. The molecular formula is C30H30BrN3O2S. The van der Waals surface area contributed by atoms with Gasteiger partial charge in [0.05, 0.1) is 16.8 Å². The topological polar surface area (TPSA) is 54.3 Å². The van der Waals surface area contributed by atoms with Crippen LogP contribution in [-0.2, 0) is 23.4 Å². The lowest BCUT2D eigenvalue weighted by Crippen LogP contribution is -2.63. The maximum absolute atomic E-state index is 14.6. The summed E-state index contributed by atoms with van der Waals surface area (Å²) in [5.41, 5.74) is 2.30. The van der Waals surface area contributed by atoms with Crippen LogP contribution in [0.1, 0.15) is 60.1 Å². The Hall–Kier alpha value is -2.90. The normalized spacial score (nSPS) is 20.6. The van der Waals surface area contributed by atoms with Crippen molar-refractivity contribution < 1.29 is 9.59 Å². The van der Waals surface area contributed by atoms with Crippen LogP contribution in [0.15, 0.2) is 76.6 Å². The summed E-state index contributed by atoms with van der Waals surface area (Å²) >= 11 is 5.20. The zero-order valence-corrected chi connectivity index (χ0v) is 23.1. The molecule has 1 saturated carbocycles. The largest absolute Gasteiger partial charge is 0.351 e. The van der Waals surface area contributed by atoms with Crippen LogP contribution in [0.25, 0.3) is 10.2 Å². The number of carbonyl (C=O) groups excluding carboxylic acids is 2. The third-order valence-electron chi connectivity index (χ3n) is 7.88. The lowest BCUT2D eigenvalue weighted by Gasteiger charge is -2.47. The van der Waals surface area contributed by atoms with E-state index in [0.29, 0.717) is 18.8 Å². The van der Waals surface area contributed by atoms with Gasteiger partial charge in [0.1, 0.15) is 5.69 Å². The molecular weight excluding hydrogens is 546 g/mol. The van der Waals surface area contributed by atoms with Gasteiger partial charge in [-0.25, -0.2) is 0 Å². The first-order chi connectivity index (χ1) is 18.1. The predicted octanol–water partition coefficient (Wildman–Crippen LogP) is 6.86. The summed E-state index contributed by atoms with van der Waals surface area (Å²) in [6.07, 6.45) is 6.65. The summed E-state index contributed by atoms with van der Waals surface area (Å²) in [6, 6.07) is 22.0. The molecule has 2 amide bonds. The zero-order chi connectivity index (χ0) is 25.4. The third-order valence-corrected chi connectivity index (χ3v) is 9.23. The molecule has 0 saturated heterocycles. The lowest BCUT2D eigenvalue weighted by atomic mass is 9.83. The maximum atomic E-state index is 14.6. The Labute approximate surface area is 229 Å². The number of carbonyl (C=O) groups is 2. The predicted molar refractivity (Wildman–Crippen MR) is 152 cm³/mol. The number of aromatic nitrogens is 1. The summed E-state index contributed by atoms with van der Waals surface area (Å²) < 4.78 is 4.08. The SMILES string of the molecule is O=C1c2cc3sccc3n2C[C@@](C(=O)NC2CCCCCC2)(c2ccccc2)N1Cc1cccc(Br)c1. The van der Waals surface area contributed by atoms with E-state index >= 15 is 0 Å². The molecule has 1 aliphatic carbocycles. The van der Waals surface area contributed by atoms with E-state index in [4.69, 9.17) is 0 Å². The number of benzene rings is 2. The fourth-order valence-electron chi connectivity index (χ4n) is 5.99. The van der Waals surface area contributed by atoms with E-state index in [0.717, 1.165) is 51.5 Å². The quantitative estimate of drug-likeness (QED) is 0.264. The Bertz CT molecular complexity index is 1440. The lowest BCUT2D eigenvalue weighted by molar-refractivity contribution is -0.136. The number of hydrogen-bond acceptors (Lipinski definition) is 3. The van der Waals surface area contributed by atoms with Crippen LogP contribution in [0, 0.1) is 0 Å². The van der Waals surface area contributed by atoms with Gasteiger partial charge in [0.25, 0.3) is 11.8 Å². The number of nitrogens with zero attached hydrogens (tertiary/aromatic N) is 2. The van der Waals surface area contributed by atoms with Gasteiger partial charge in [0.15, 0.2) is 5.54 Å². The second-order valence-electron chi connectivity index (χ2n) is 10.2. The smallest absolute Gasteiger partial charge is 0.272 e. The van der Waals surface area contributed by atoms with Crippen LogP contribution in [0.3, 0.4) is 0 Å². The Morgan fingerprint density at radius 2 is 1.78 bits per heavy atom. The minimum absolute atomic E-state index is 0.0864. The molecule has 2 aromatic carbocycles. The van der Waals surface area contributed by atoms with Crippen molar-refractivity contribution in [2.24, 2.45) is 0 Å². The first-order valence-corrected chi connectivity index (χ1v) is 14.7. The maximum Gasteiger partial charge on any atom is 0.272 e. The third kappa shape index (κ3) is 4.42. The van der Waals surface area contributed by atoms with Crippen LogP contribution in [-0.4, -0.2) is 27.3 Å². The van der Waals surface area contributed by atoms with E-state index in [9.17, 15) is 9.59 Å². The van der Waals surface area contributed by atoms with E-state index in [1.54, 1.807) is 11.3 Å². The molecule has 0 bridgehead atoms. The van der Waals surface area contributed by atoms with Gasteiger partial charge in [-0.3, -0.25) is 9.59 Å². The molecule has 4 aromatic rings. The van der Waals surface area contributed by atoms with E-state index in [1.165, 1.54) is 12.8 Å². The van der Waals surface area contributed by atoms with Crippen molar-refractivity contribution in [1.29, 1.82) is 0 Å². The summed E-state index contributed by atoms with van der Waals surface area (Å²) in [5.74, 6) is -0.203. The van der Waals surface area contributed by atoms with Gasteiger partial charge in [-0.15, -0.1) is 11.3 Å². The summed E-state index contributed by atoms with van der Waals surface area (Å²) in [4.78, 5) is 30.7. The van der Waals surface area contributed by atoms with Gasteiger partial charge < -0.3 is 14.8 Å². The average molecular weight is 577 g/mol. The first-order valence-electron chi connectivity index (χ1n) is 13.1. The van der Waals surface area contributed by atoms with Crippen LogP contribution >= 0.6 is 27.3 Å². The molecule has 1 aliphatic heterocycles. The van der Waals surface area contributed by atoms with E-state index in [1.807, 2.05) is 70.9 Å². The number of thiophene rings is 1. The molecule has 190 valence electrons. The van der Waals surface area contributed by atoms with Crippen LogP contribution in [0.5, 0.6) is 0 Å². The molecule has 5 nitrogen and oxygen atoms in total. The van der Waals surface area contributed by atoms with Gasteiger partial charge in [-0.1, -0.05) is 84.1 Å². The number of hydrogen-bond donors (Lipinski definition) is 1. The molecule has 1 fully saturated rings. The molecule has 1 atom stereocenters. The number of halogens is 1. The van der Waals surface area contributed by atoms with Gasteiger partial charge in [-0.2, -0.15) is 0 Å². The highest BCUT2D eigenvalue weighted by Gasteiger charge is 2.52. The van der Waals surface area contributed by atoms with Crippen LogP contribution < -0.4 is 5.32 Å². The summed E-state index contributed by atoms with van der Waals surface area (Å²) in [7, 11) is 0. The van der Waals surface area contributed by atoms with Crippen LogP contribution in [0.2, 0.25) is 0 Å². The summed E-state index contributed by atoms with van der Waals surface area (Å²) in [5, 5.41) is 5.48. The highest BCUT2D eigenvalue weighted by atomic mass is 79.9. The molecule has 0 unspecified atom stereocenters. The van der Waals surface area contributed by atoms with Crippen molar-refractivity contribution in [3.63, 3.8) is 0 Å². The van der Waals surface area contributed by atoms with Gasteiger partial charge in [0, 0.05) is 17.1 Å². The number of fused-ring (bicyclic) bond motifs is 3. The van der Waals surface area contributed by atoms with E-state index in [2.05, 4.69) is 31.9 Å². The highest BCUT2D eigenvalue weighted by Crippen LogP contribution is 2.41. The number of rotatable bonds is 5. The Kier molecular flexibility index (Phi) is 6.67. The van der Waals surface area contributed by atoms with Crippen molar-refractivity contribution in [3.8, 4) is 0 Å². The molecule has 1 N–H and O–H groups in total. The molecule has 7 heteroatoms. The van der Waals surface area contributed by atoms with Crippen molar-refractivity contribution >= 4 is 49.3 Å². The number of amides is 2. The highest BCUT2D eigenvalue weighted by molar-refractivity contribution is 9.10. The molecule has 37 heavy (non-hydrogen) atoms. The minimum Gasteiger partial charge on any atom is -0.351 e. The van der Waals surface area contributed by atoms with Crippen LogP contribution in [0.4, 0.5) is 0 Å². The van der Waals surface area contributed by atoms with Gasteiger partial charge in [0.2, 0.25) is 0 Å². The minimum atomic E-state index is -1.17. The summed E-state index contributed by atoms with van der Waals surface area (Å²) in [6.45, 7) is 0.717. The van der Waals surface area contributed by atoms with Gasteiger partial charge in [-0.05, 0) is 53.6 Å². The Morgan fingerprint density at radius 3 is 2.54 bits per heavy atom. The molecule has 6 rings (SSSR count). The first kappa shape index (κ1) is 24.4. The van der Waals surface area contributed by atoms with Crippen molar-refractivity contribution in [1.82, 2.24) is 14.8 Å². The monoisotopic (exact) mass is 575 g/mol. The molecule has 2 aliphatic rings. The van der Waals surface area contributed by atoms with Gasteiger partial charge >= 0.3 is 0 Å². The second-order valence-corrected chi connectivity index (χ2v) is 12.1. The van der Waals surface area contributed by atoms with Crippen molar-refractivity contribution in [2.75, 3.05) is 0 Å². The molecule has 0 radical (unpaired) electrons. The second kappa shape index (κ2) is 10.1. The zero-order valence-electron chi connectivity index (χ0n) is 20.7.